The summed E-state index contributed by atoms with van der Waals surface area (Å²) in [5.41, 5.74) is 1.51. The number of benzene rings is 1. The molecule has 6 nitrogen and oxygen atoms in total. The van der Waals surface area contributed by atoms with Crippen LogP contribution in [-0.4, -0.2) is 26.8 Å². The first-order valence-electron chi connectivity index (χ1n) is 6.63. The van der Waals surface area contributed by atoms with Gasteiger partial charge in [-0.25, -0.2) is 0 Å². The zero-order chi connectivity index (χ0) is 16.1. The molecule has 0 aliphatic rings. The number of rotatable bonds is 5. The van der Waals surface area contributed by atoms with Gasteiger partial charge in [0, 0.05) is 22.4 Å². The third-order valence-corrected chi connectivity index (χ3v) is 4.32. The lowest BCUT2D eigenvalue weighted by Crippen LogP contribution is -2.14. The molecule has 0 bridgehead atoms. The Hall–Kier alpha value is -2.19. The number of para-hydroxylation sites is 1. The molecule has 8 heteroatoms. The summed E-state index contributed by atoms with van der Waals surface area (Å²) in [5.74, 6) is 0.436. The lowest BCUT2D eigenvalue weighted by atomic mass is 10.3. The van der Waals surface area contributed by atoms with E-state index in [1.807, 2.05) is 24.3 Å². The number of hydrogen-bond donors (Lipinski definition) is 1. The number of amides is 1. The third kappa shape index (κ3) is 4.17. The molecule has 1 N–H and O–H groups in total. The van der Waals surface area contributed by atoms with E-state index < -0.39 is 0 Å². The molecular formula is C15H11BrN4O2S. The Balaban J connectivity index is 1.58. The van der Waals surface area contributed by atoms with E-state index in [1.165, 1.54) is 11.8 Å². The Kier molecular flexibility index (Phi) is 5.04. The van der Waals surface area contributed by atoms with Crippen LogP contribution in [0.25, 0.3) is 11.5 Å². The van der Waals surface area contributed by atoms with Crippen LogP contribution in [0.2, 0.25) is 0 Å². The van der Waals surface area contributed by atoms with E-state index in [2.05, 4.69) is 36.4 Å². The average molecular weight is 391 g/mol. The minimum atomic E-state index is -0.148. The quantitative estimate of drug-likeness (QED) is 0.669. The SMILES string of the molecule is O=C(CSc1nnc(-c2ccncc2)o1)Nc1ccccc1Br. The predicted octanol–water partition coefficient (Wildman–Crippen LogP) is 3.62. The summed E-state index contributed by atoms with van der Waals surface area (Å²) in [7, 11) is 0. The lowest BCUT2D eigenvalue weighted by Gasteiger charge is -2.05. The number of aromatic nitrogens is 3. The second kappa shape index (κ2) is 7.38. The maximum atomic E-state index is 12.0. The number of carbonyl (C=O) groups excluding carboxylic acids is 1. The van der Waals surface area contributed by atoms with Crippen molar-refractivity contribution < 1.29 is 9.21 Å². The Labute approximate surface area is 144 Å². The highest BCUT2D eigenvalue weighted by molar-refractivity contribution is 9.10. The van der Waals surface area contributed by atoms with Gasteiger partial charge in [-0.3, -0.25) is 9.78 Å². The van der Waals surface area contributed by atoms with Crippen molar-refractivity contribution in [1.82, 2.24) is 15.2 Å². The van der Waals surface area contributed by atoms with E-state index in [9.17, 15) is 4.79 Å². The van der Waals surface area contributed by atoms with Crippen molar-refractivity contribution in [2.45, 2.75) is 5.22 Å². The predicted molar refractivity (Wildman–Crippen MR) is 91.0 cm³/mol. The first kappa shape index (κ1) is 15.7. The van der Waals surface area contributed by atoms with Crippen LogP contribution in [0.4, 0.5) is 5.69 Å². The van der Waals surface area contributed by atoms with Crippen molar-refractivity contribution in [3.63, 3.8) is 0 Å². The van der Waals surface area contributed by atoms with Gasteiger partial charge >= 0.3 is 0 Å². The van der Waals surface area contributed by atoms with Gasteiger partial charge in [-0.05, 0) is 40.2 Å². The monoisotopic (exact) mass is 390 g/mol. The molecule has 0 saturated heterocycles. The number of nitrogens with zero attached hydrogens (tertiary/aromatic N) is 3. The van der Waals surface area contributed by atoms with Crippen LogP contribution in [0.1, 0.15) is 0 Å². The molecule has 3 aromatic rings. The fraction of sp³-hybridized carbons (Fsp3) is 0.0667. The fourth-order valence-electron chi connectivity index (χ4n) is 1.76. The van der Waals surface area contributed by atoms with Gasteiger partial charge in [0.15, 0.2) is 0 Å². The molecule has 116 valence electrons. The number of pyridine rings is 1. The first-order valence-corrected chi connectivity index (χ1v) is 8.41. The number of anilines is 1. The molecule has 0 saturated carbocycles. The van der Waals surface area contributed by atoms with Crippen LogP contribution in [0.5, 0.6) is 0 Å². The van der Waals surface area contributed by atoms with Crippen LogP contribution in [0.15, 0.2) is 62.9 Å². The van der Waals surface area contributed by atoms with Gasteiger partial charge in [0.25, 0.3) is 5.22 Å². The molecule has 2 heterocycles. The molecule has 0 atom stereocenters. The summed E-state index contributed by atoms with van der Waals surface area (Å²) in [4.78, 5) is 15.9. The van der Waals surface area contributed by atoms with Gasteiger partial charge < -0.3 is 9.73 Å². The molecule has 23 heavy (non-hydrogen) atoms. The van der Waals surface area contributed by atoms with E-state index in [0.29, 0.717) is 11.1 Å². The van der Waals surface area contributed by atoms with Gasteiger partial charge in [-0.1, -0.05) is 23.9 Å². The molecule has 0 unspecified atom stereocenters. The second-order valence-corrected chi connectivity index (χ2v) is 6.21. The summed E-state index contributed by atoms with van der Waals surface area (Å²) < 4.78 is 6.35. The first-order chi connectivity index (χ1) is 11.2. The molecule has 0 aliphatic heterocycles. The number of hydrogen-bond acceptors (Lipinski definition) is 6. The van der Waals surface area contributed by atoms with Crippen LogP contribution in [0, 0.1) is 0 Å². The number of nitrogens with one attached hydrogen (secondary N) is 1. The Morgan fingerprint density at radius 2 is 1.96 bits per heavy atom. The summed E-state index contributed by atoms with van der Waals surface area (Å²) in [5, 5.41) is 11.0. The average Bonchev–Trinajstić information content (AvgIpc) is 3.05. The summed E-state index contributed by atoms with van der Waals surface area (Å²) >= 11 is 4.57. The van der Waals surface area contributed by atoms with E-state index in [1.54, 1.807) is 24.5 Å². The molecule has 0 fully saturated rings. The largest absolute Gasteiger partial charge is 0.411 e. The van der Waals surface area contributed by atoms with Crippen molar-refractivity contribution in [2.24, 2.45) is 0 Å². The normalized spacial score (nSPS) is 10.5. The van der Waals surface area contributed by atoms with Crippen molar-refractivity contribution in [3.8, 4) is 11.5 Å². The van der Waals surface area contributed by atoms with Crippen molar-refractivity contribution >= 4 is 39.3 Å². The molecule has 0 radical (unpaired) electrons. The number of thioether (sulfide) groups is 1. The molecule has 3 rings (SSSR count). The smallest absolute Gasteiger partial charge is 0.277 e. The van der Waals surface area contributed by atoms with E-state index >= 15 is 0 Å². The zero-order valence-corrected chi connectivity index (χ0v) is 14.2. The van der Waals surface area contributed by atoms with Crippen LogP contribution < -0.4 is 5.32 Å². The molecular weight excluding hydrogens is 380 g/mol. The van der Waals surface area contributed by atoms with Crippen LogP contribution in [-0.2, 0) is 4.79 Å². The number of halogens is 1. The molecule has 1 aromatic carbocycles. The topological polar surface area (TPSA) is 80.9 Å². The van der Waals surface area contributed by atoms with Crippen molar-refractivity contribution in [3.05, 3.63) is 53.3 Å². The Morgan fingerprint density at radius 3 is 2.74 bits per heavy atom. The molecule has 1 amide bonds. The second-order valence-electron chi connectivity index (χ2n) is 4.43. The minimum Gasteiger partial charge on any atom is -0.411 e. The van der Waals surface area contributed by atoms with Crippen LogP contribution in [0.3, 0.4) is 0 Å². The van der Waals surface area contributed by atoms with E-state index in [4.69, 9.17) is 4.42 Å². The summed E-state index contributed by atoms with van der Waals surface area (Å²) in [6.07, 6.45) is 3.30. The zero-order valence-electron chi connectivity index (χ0n) is 11.8. The van der Waals surface area contributed by atoms with Gasteiger partial charge in [0.1, 0.15) is 0 Å². The summed E-state index contributed by atoms with van der Waals surface area (Å²) in [6, 6.07) is 11.0. The number of carbonyl (C=O) groups is 1. The fourth-order valence-corrected chi connectivity index (χ4v) is 2.70. The van der Waals surface area contributed by atoms with E-state index in [0.717, 1.165) is 15.7 Å². The highest BCUT2D eigenvalue weighted by atomic mass is 79.9. The maximum Gasteiger partial charge on any atom is 0.277 e. The minimum absolute atomic E-state index is 0.148. The maximum absolute atomic E-state index is 12.0. The van der Waals surface area contributed by atoms with Gasteiger partial charge in [-0.15, -0.1) is 10.2 Å². The Morgan fingerprint density at radius 1 is 1.17 bits per heavy atom. The van der Waals surface area contributed by atoms with Gasteiger partial charge in [0.05, 0.1) is 11.4 Å². The Bertz CT molecular complexity index is 810. The summed E-state index contributed by atoms with van der Waals surface area (Å²) in [6.45, 7) is 0. The standard InChI is InChI=1S/C15H11BrN4O2S/c16-11-3-1-2-4-12(11)18-13(21)9-23-15-20-19-14(22-15)10-5-7-17-8-6-10/h1-8H,9H2,(H,18,21). The van der Waals surface area contributed by atoms with Gasteiger partial charge in [0.2, 0.25) is 11.8 Å². The van der Waals surface area contributed by atoms with Crippen molar-refractivity contribution in [2.75, 3.05) is 11.1 Å². The van der Waals surface area contributed by atoms with Crippen molar-refractivity contribution in [1.29, 1.82) is 0 Å². The lowest BCUT2D eigenvalue weighted by molar-refractivity contribution is -0.113. The highest BCUT2D eigenvalue weighted by Crippen LogP contribution is 2.24. The molecule has 0 spiro atoms. The molecule has 0 aliphatic carbocycles. The van der Waals surface area contributed by atoms with Crippen LogP contribution >= 0.6 is 27.7 Å². The third-order valence-electron chi connectivity index (χ3n) is 2.81. The van der Waals surface area contributed by atoms with Gasteiger partial charge in [-0.2, -0.15) is 0 Å². The molecule has 2 aromatic heterocycles. The highest BCUT2D eigenvalue weighted by Gasteiger charge is 2.11. The van der Waals surface area contributed by atoms with E-state index in [-0.39, 0.29) is 11.7 Å².